The first kappa shape index (κ1) is 15.2. The van der Waals surface area contributed by atoms with Crippen molar-refractivity contribution in [2.75, 3.05) is 26.4 Å². The highest BCUT2D eigenvalue weighted by atomic mass is 16.3. The highest BCUT2D eigenvalue weighted by molar-refractivity contribution is 4.52. The minimum absolute atomic E-state index is 0.142. The van der Waals surface area contributed by atoms with Crippen LogP contribution in [0.25, 0.3) is 0 Å². The minimum atomic E-state index is -0.620. The van der Waals surface area contributed by atoms with Crippen LogP contribution in [0.4, 0.5) is 0 Å². The van der Waals surface area contributed by atoms with Crippen molar-refractivity contribution in [1.82, 2.24) is 0 Å². The Labute approximate surface area is 77.8 Å². The van der Waals surface area contributed by atoms with Crippen molar-refractivity contribution in [3.05, 3.63) is 0 Å². The number of hydrogen-bond donors (Lipinski definition) is 6. The lowest BCUT2D eigenvalue weighted by Gasteiger charge is -2.01. The molecule has 0 aliphatic carbocycles. The zero-order chi connectivity index (χ0) is 10.7. The first-order valence-corrected chi connectivity index (χ1v) is 4.08. The summed E-state index contributed by atoms with van der Waals surface area (Å²) in [6.07, 6.45) is -0.138. The van der Waals surface area contributed by atoms with Gasteiger partial charge in [0.15, 0.2) is 0 Å². The number of aliphatic hydroxyl groups excluding tert-OH is 4. The summed E-state index contributed by atoms with van der Waals surface area (Å²) in [5.41, 5.74) is 10.0. The normalized spacial score (nSPS) is 12.2. The van der Waals surface area contributed by atoms with Gasteiger partial charge in [-0.25, -0.2) is 0 Å². The molecule has 0 saturated carbocycles. The van der Waals surface area contributed by atoms with Crippen molar-refractivity contribution in [2.45, 2.75) is 18.6 Å². The lowest BCUT2D eigenvalue weighted by Crippen LogP contribution is -2.27. The minimum Gasteiger partial charge on any atom is -0.395 e. The fourth-order valence-electron chi connectivity index (χ4n) is 0.341. The highest BCUT2D eigenvalue weighted by Crippen LogP contribution is 1.83. The van der Waals surface area contributed by atoms with Crippen LogP contribution in [-0.2, 0) is 0 Å². The summed E-state index contributed by atoms with van der Waals surface area (Å²) in [5, 5.41) is 32.8. The number of hydrogen-bond acceptors (Lipinski definition) is 6. The van der Waals surface area contributed by atoms with Gasteiger partial charge in [0.25, 0.3) is 0 Å². The van der Waals surface area contributed by atoms with E-state index in [0.29, 0.717) is 13.0 Å². The fourth-order valence-corrected chi connectivity index (χ4v) is 0.341. The van der Waals surface area contributed by atoms with Gasteiger partial charge in [0.05, 0.1) is 32.0 Å². The Balaban J connectivity index is 0. The standard InChI is InChI=1S/C4H11NO2.C3H9NO2/c5-2-1-4(7)3-6;4-3(1-5)2-6/h4,6-7H,1-3,5H2;3,5-6H,1-2,4H2. The molecule has 6 nitrogen and oxygen atoms in total. The molecular formula is C7H20N2O4. The first-order chi connectivity index (χ1) is 6.12. The van der Waals surface area contributed by atoms with Gasteiger partial charge >= 0.3 is 0 Å². The van der Waals surface area contributed by atoms with Crippen LogP contribution in [0.2, 0.25) is 0 Å². The summed E-state index contributed by atoms with van der Waals surface area (Å²) < 4.78 is 0. The fraction of sp³-hybridized carbons (Fsp3) is 1.00. The molecule has 6 heteroatoms. The molecule has 0 radical (unpaired) electrons. The van der Waals surface area contributed by atoms with Gasteiger partial charge in [-0.05, 0) is 13.0 Å². The van der Waals surface area contributed by atoms with E-state index < -0.39 is 12.1 Å². The molecule has 0 fully saturated rings. The first-order valence-electron chi connectivity index (χ1n) is 4.08. The van der Waals surface area contributed by atoms with Crippen molar-refractivity contribution >= 4 is 0 Å². The predicted molar refractivity (Wildman–Crippen MR) is 48.9 cm³/mol. The molecule has 0 heterocycles. The molecule has 1 unspecified atom stereocenters. The van der Waals surface area contributed by atoms with Crippen LogP contribution in [0.5, 0.6) is 0 Å². The molecule has 0 amide bonds. The van der Waals surface area contributed by atoms with Crippen molar-refractivity contribution in [3.63, 3.8) is 0 Å². The van der Waals surface area contributed by atoms with E-state index in [-0.39, 0.29) is 19.8 Å². The molecule has 0 bridgehead atoms. The maximum Gasteiger partial charge on any atom is 0.0782 e. The monoisotopic (exact) mass is 196 g/mol. The molecule has 0 aliphatic rings. The average molecular weight is 196 g/mol. The van der Waals surface area contributed by atoms with Gasteiger partial charge in [-0.1, -0.05) is 0 Å². The second-order valence-corrected chi connectivity index (χ2v) is 2.54. The van der Waals surface area contributed by atoms with Gasteiger partial charge in [-0.2, -0.15) is 0 Å². The molecule has 82 valence electrons. The Morgan fingerprint density at radius 1 is 1.00 bits per heavy atom. The number of aliphatic hydroxyl groups is 4. The van der Waals surface area contributed by atoms with E-state index in [9.17, 15) is 0 Å². The van der Waals surface area contributed by atoms with Crippen molar-refractivity contribution in [3.8, 4) is 0 Å². The zero-order valence-corrected chi connectivity index (χ0v) is 7.63. The Morgan fingerprint density at radius 2 is 1.46 bits per heavy atom. The van der Waals surface area contributed by atoms with Gasteiger partial charge in [0, 0.05) is 0 Å². The SMILES string of the molecule is NC(CO)CO.NCCC(O)CO. The van der Waals surface area contributed by atoms with Crippen LogP contribution >= 0.6 is 0 Å². The van der Waals surface area contributed by atoms with Gasteiger partial charge in [-0.3, -0.25) is 0 Å². The lowest BCUT2D eigenvalue weighted by atomic mass is 10.3. The van der Waals surface area contributed by atoms with Crippen molar-refractivity contribution in [2.24, 2.45) is 11.5 Å². The average Bonchev–Trinajstić information content (AvgIpc) is 2.18. The van der Waals surface area contributed by atoms with Gasteiger partial charge in [0.1, 0.15) is 0 Å². The van der Waals surface area contributed by atoms with Crippen LogP contribution in [-0.4, -0.2) is 58.9 Å². The summed E-state index contributed by atoms with van der Waals surface area (Å²) in [7, 11) is 0. The molecule has 0 aromatic heterocycles. The van der Waals surface area contributed by atoms with Crippen molar-refractivity contribution < 1.29 is 20.4 Å². The maximum absolute atomic E-state index is 8.53. The molecule has 0 spiro atoms. The van der Waals surface area contributed by atoms with Crippen LogP contribution in [0.1, 0.15) is 6.42 Å². The van der Waals surface area contributed by atoms with E-state index >= 15 is 0 Å². The molecule has 13 heavy (non-hydrogen) atoms. The number of nitrogens with two attached hydrogens (primary N) is 2. The summed E-state index contributed by atoms with van der Waals surface area (Å²) in [6.45, 7) is -0.0358. The summed E-state index contributed by atoms with van der Waals surface area (Å²) in [6, 6.07) is -0.454. The van der Waals surface area contributed by atoms with Crippen LogP contribution in [0.15, 0.2) is 0 Å². The smallest absolute Gasteiger partial charge is 0.0782 e. The third-order valence-electron chi connectivity index (χ3n) is 1.18. The van der Waals surface area contributed by atoms with Crippen LogP contribution in [0, 0.1) is 0 Å². The Morgan fingerprint density at radius 3 is 1.54 bits per heavy atom. The van der Waals surface area contributed by atoms with Gasteiger partial charge < -0.3 is 31.9 Å². The predicted octanol–water partition coefficient (Wildman–Crippen LogP) is -3.01. The molecule has 0 aromatic carbocycles. The third kappa shape index (κ3) is 14.6. The Hall–Kier alpha value is -0.240. The molecule has 0 aliphatic heterocycles. The number of rotatable bonds is 5. The Kier molecular flexibility index (Phi) is 13.8. The summed E-state index contributed by atoms with van der Waals surface area (Å²) in [4.78, 5) is 0. The summed E-state index contributed by atoms with van der Waals surface area (Å²) >= 11 is 0. The van der Waals surface area contributed by atoms with E-state index in [4.69, 9.17) is 31.9 Å². The van der Waals surface area contributed by atoms with Crippen molar-refractivity contribution in [1.29, 1.82) is 0 Å². The largest absolute Gasteiger partial charge is 0.395 e. The molecule has 0 rings (SSSR count). The topological polar surface area (TPSA) is 133 Å². The quantitative estimate of drug-likeness (QED) is 0.277. The molecular weight excluding hydrogens is 176 g/mol. The molecule has 8 N–H and O–H groups in total. The van der Waals surface area contributed by atoms with E-state index in [1.54, 1.807) is 0 Å². The second-order valence-electron chi connectivity index (χ2n) is 2.54. The van der Waals surface area contributed by atoms with Crippen LogP contribution < -0.4 is 11.5 Å². The third-order valence-corrected chi connectivity index (χ3v) is 1.18. The van der Waals surface area contributed by atoms with E-state index in [1.165, 1.54) is 0 Å². The highest BCUT2D eigenvalue weighted by Gasteiger charge is 1.96. The van der Waals surface area contributed by atoms with Crippen LogP contribution in [0.3, 0.4) is 0 Å². The summed E-state index contributed by atoms with van der Waals surface area (Å²) in [5.74, 6) is 0. The second kappa shape index (κ2) is 11.8. The van der Waals surface area contributed by atoms with E-state index in [1.807, 2.05) is 0 Å². The molecule has 0 saturated heterocycles. The lowest BCUT2D eigenvalue weighted by molar-refractivity contribution is 0.0902. The maximum atomic E-state index is 8.53. The van der Waals surface area contributed by atoms with E-state index in [2.05, 4.69) is 0 Å². The Bertz CT molecular complexity index is 90.6. The zero-order valence-electron chi connectivity index (χ0n) is 7.63. The van der Waals surface area contributed by atoms with Gasteiger partial charge in [0.2, 0.25) is 0 Å². The molecule has 1 atom stereocenters. The molecule has 0 aromatic rings. The van der Waals surface area contributed by atoms with E-state index in [0.717, 1.165) is 0 Å². The van der Waals surface area contributed by atoms with Gasteiger partial charge in [-0.15, -0.1) is 0 Å².